The molecule has 0 saturated heterocycles. The summed E-state index contributed by atoms with van der Waals surface area (Å²) in [5, 5.41) is 2.92. The summed E-state index contributed by atoms with van der Waals surface area (Å²) in [6, 6.07) is 15.5. The Bertz CT molecular complexity index is 935. The predicted molar refractivity (Wildman–Crippen MR) is 112 cm³/mol. The van der Waals surface area contributed by atoms with Crippen molar-refractivity contribution in [1.82, 2.24) is 9.97 Å². The number of aryl methyl sites for hydroxylation is 2. The standard InChI is InChI=1S/C23H25N3O2/c1-4-5-6-17-7-11-19(12-8-17)26-23(27)21-15-24-22(25-16(21)2)18-9-13-20(28-3)14-10-18/h7-15H,4-6H2,1-3H3,(H,26,27). The third-order valence-electron chi connectivity index (χ3n) is 4.60. The van der Waals surface area contributed by atoms with Crippen molar-refractivity contribution in [3.63, 3.8) is 0 Å². The topological polar surface area (TPSA) is 64.1 Å². The van der Waals surface area contributed by atoms with Crippen LogP contribution in [0.15, 0.2) is 54.7 Å². The molecule has 0 bridgehead atoms. The van der Waals surface area contributed by atoms with Gasteiger partial charge < -0.3 is 10.1 Å². The molecule has 0 aliphatic heterocycles. The van der Waals surface area contributed by atoms with Gasteiger partial charge in [-0.15, -0.1) is 0 Å². The second-order valence-electron chi connectivity index (χ2n) is 6.68. The molecule has 0 radical (unpaired) electrons. The number of amides is 1. The zero-order chi connectivity index (χ0) is 19.9. The van der Waals surface area contributed by atoms with Crippen LogP contribution in [0.3, 0.4) is 0 Å². The van der Waals surface area contributed by atoms with Crippen LogP contribution < -0.4 is 10.1 Å². The fraction of sp³-hybridized carbons (Fsp3) is 0.261. The van der Waals surface area contributed by atoms with E-state index in [4.69, 9.17) is 4.74 Å². The molecule has 0 saturated carbocycles. The Morgan fingerprint density at radius 1 is 1.07 bits per heavy atom. The molecule has 0 unspecified atom stereocenters. The number of aromatic nitrogens is 2. The highest BCUT2D eigenvalue weighted by Crippen LogP contribution is 2.20. The van der Waals surface area contributed by atoms with Crippen molar-refractivity contribution in [1.29, 1.82) is 0 Å². The van der Waals surface area contributed by atoms with Crippen molar-refractivity contribution in [2.24, 2.45) is 0 Å². The Kier molecular flexibility index (Phi) is 6.37. The van der Waals surface area contributed by atoms with Gasteiger partial charge in [0.2, 0.25) is 0 Å². The molecule has 3 rings (SSSR count). The molecule has 28 heavy (non-hydrogen) atoms. The minimum Gasteiger partial charge on any atom is -0.497 e. The van der Waals surface area contributed by atoms with Gasteiger partial charge >= 0.3 is 0 Å². The van der Waals surface area contributed by atoms with Crippen molar-refractivity contribution < 1.29 is 9.53 Å². The molecule has 1 amide bonds. The maximum absolute atomic E-state index is 12.6. The summed E-state index contributed by atoms with van der Waals surface area (Å²) in [4.78, 5) is 21.5. The smallest absolute Gasteiger partial charge is 0.259 e. The molecule has 2 aromatic carbocycles. The second kappa shape index (κ2) is 9.13. The molecule has 1 heterocycles. The van der Waals surface area contributed by atoms with Crippen LogP contribution in [0.2, 0.25) is 0 Å². The number of hydrogen-bond donors (Lipinski definition) is 1. The van der Waals surface area contributed by atoms with Crippen molar-refractivity contribution in [2.75, 3.05) is 12.4 Å². The van der Waals surface area contributed by atoms with Crippen molar-refractivity contribution in [3.8, 4) is 17.1 Å². The maximum atomic E-state index is 12.6. The lowest BCUT2D eigenvalue weighted by molar-refractivity contribution is 0.102. The van der Waals surface area contributed by atoms with Crippen molar-refractivity contribution >= 4 is 11.6 Å². The second-order valence-corrected chi connectivity index (χ2v) is 6.68. The zero-order valence-corrected chi connectivity index (χ0v) is 16.5. The van der Waals surface area contributed by atoms with E-state index in [0.717, 1.165) is 23.4 Å². The zero-order valence-electron chi connectivity index (χ0n) is 16.5. The Balaban J connectivity index is 1.71. The van der Waals surface area contributed by atoms with Crippen molar-refractivity contribution in [3.05, 3.63) is 71.5 Å². The predicted octanol–water partition coefficient (Wildman–Crippen LogP) is 5.06. The summed E-state index contributed by atoms with van der Waals surface area (Å²) in [6.45, 7) is 4.00. The van der Waals surface area contributed by atoms with Crippen LogP contribution in [-0.2, 0) is 6.42 Å². The van der Waals surface area contributed by atoms with Crippen LogP contribution in [0.4, 0.5) is 5.69 Å². The van der Waals surface area contributed by atoms with E-state index in [0.29, 0.717) is 17.1 Å². The Morgan fingerprint density at radius 2 is 1.79 bits per heavy atom. The highest BCUT2D eigenvalue weighted by molar-refractivity contribution is 6.04. The number of unbranched alkanes of at least 4 members (excludes halogenated alkanes) is 1. The Morgan fingerprint density at radius 3 is 2.39 bits per heavy atom. The number of anilines is 1. The molecule has 3 aromatic rings. The lowest BCUT2D eigenvalue weighted by Crippen LogP contribution is -2.15. The molecule has 5 heteroatoms. The summed E-state index contributed by atoms with van der Waals surface area (Å²) >= 11 is 0. The number of hydrogen-bond acceptors (Lipinski definition) is 4. The van der Waals surface area contributed by atoms with Gasteiger partial charge in [-0.2, -0.15) is 0 Å². The lowest BCUT2D eigenvalue weighted by atomic mass is 10.1. The monoisotopic (exact) mass is 375 g/mol. The summed E-state index contributed by atoms with van der Waals surface area (Å²) < 4.78 is 5.17. The SMILES string of the molecule is CCCCc1ccc(NC(=O)c2cnc(-c3ccc(OC)cc3)nc2C)cc1. The first kappa shape index (κ1) is 19.5. The third-order valence-corrected chi connectivity index (χ3v) is 4.60. The minimum atomic E-state index is -0.208. The summed E-state index contributed by atoms with van der Waals surface area (Å²) in [7, 11) is 1.63. The molecule has 5 nitrogen and oxygen atoms in total. The number of ether oxygens (including phenoxy) is 1. The molecular weight excluding hydrogens is 350 g/mol. The quantitative estimate of drug-likeness (QED) is 0.627. The number of rotatable bonds is 7. The van der Waals surface area contributed by atoms with Gasteiger partial charge in [0, 0.05) is 17.4 Å². The first-order chi connectivity index (χ1) is 13.6. The van der Waals surface area contributed by atoms with Crippen LogP contribution in [0.25, 0.3) is 11.4 Å². The highest BCUT2D eigenvalue weighted by atomic mass is 16.5. The molecule has 1 N–H and O–H groups in total. The van der Waals surface area contributed by atoms with Crippen LogP contribution in [-0.4, -0.2) is 23.0 Å². The van der Waals surface area contributed by atoms with Crippen LogP contribution in [0.1, 0.15) is 41.4 Å². The fourth-order valence-electron chi connectivity index (χ4n) is 2.90. The number of carbonyl (C=O) groups is 1. The van der Waals surface area contributed by atoms with Gasteiger partial charge in [0.05, 0.1) is 18.4 Å². The number of carbonyl (C=O) groups excluding carboxylic acids is 1. The highest BCUT2D eigenvalue weighted by Gasteiger charge is 2.13. The van der Waals surface area contributed by atoms with Gasteiger partial charge in [-0.05, 0) is 61.7 Å². The number of nitrogens with one attached hydrogen (secondary N) is 1. The fourth-order valence-corrected chi connectivity index (χ4v) is 2.90. The van der Waals surface area contributed by atoms with Crippen molar-refractivity contribution in [2.45, 2.75) is 33.1 Å². The van der Waals surface area contributed by atoms with Crippen LogP contribution >= 0.6 is 0 Å². The molecule has 144 valence electrons. The van der Waals surface area contributed by atoms with Gasteiger partial charge in [-0.3, -0.25) is 4.79 Å². The summed E-state index contributed by atoms with van der Waals surface area (Å²) in [6.07, 6.45) is 4.98. The van der Waals surface area contributed by atoms with Gasteiger partial charge in [0.25, 0.3) is 5.91 Å². The molecular formula is C23H25N3O2. The molecule has 0 atom stereocenters. The van der Waals surface area contributed by atoms with E-state index in [1.807, 2.05) is 43.3 Å². The van der Waals surface area contributed by atoms with E-state index in [2.05, 4.69) is 34.3 Å². The summed E-state index contributed by atoms with van der Waals surface area (Å²) in [5.41, 5.74) is 4.02. The van der Waals surface area contributed by atoms with Crippen LogP contribution in [0.5, 0.6) is 5.75 Å². The lowest BCUT2D eigenvalue weighted by Gasteiger charge is -2.09. The van der Waals surface area contributed by atoms with E-state index in [1.165, 1.54) is 18.4 Å². The van der Waals surface area contributed by atoms with E-state index in [9.17, 15) is 4.79 Å². The molecule has 1 aromatic heterocycles. The minimum absolute atomic E-state index is 0.208. The van der Waals surface area contributed by atoms with Gasteiger partial charge in [-0.25, -0.2) is 9.97 Å². The average Bonchev–Trinajstić information content (AvgIpc) is 2.73. The number of benzene rings is 2. The number of methoxy groups -OCH3 is 1. The van der Waals surface area contributed by atoms with E-state index >= 15 is 0 Å². The van der Waals surface area contributed by atoms with Gasteiger partial charge in [0.1, 0.15) is 5.75 Å². The van der Waals surface area contributed by atoms with Gasteiger partial charge in [0.15, 0.2) is 5.82 Å². The first-order valence-corrected chi connectivity index (χ1v) is 9.49. The molecule has 0 fully saturated rings. The molecule has 0 spiro atoms. The first-order valence-electron chi connectivity index (χ1n) is 9.49. The van der Waals surface area contributed by atoms with E-state index in [1.54, 1.807) is 13.3 Å². The van der Waals surface area contributed by atoms with E-state index in [-0.39, 0.29) is 5.91 Å². The normalized spacial score (nSPS) is 10.5. The maximum Gasteiger partial charge on any atom is 0.259 e. The third kappa shape index (κ3) is 4.74. The largest absolute Gasteiger partial charge is 0.497 e. The molecule has 0 aliphatic carbocycles. The number of nitrogens with zero attached hydrogens (tertiary/aromatic N) is 2. The summed E-state index contributed by atoms with van der Waals surface area (Å²) in [5.74, 6) is 1.15. The average molecular weight is 375 g/mol. The van der Waals surface area contributed by atoms with E-state index < -0.39 is 0 Å². The Labute approximate surface area is 165 Å². The molecule has 0 aliphatic rings. The van der Waals surface area contributed by atoms with Crippen LogP contribution in [0, 0.1) is 6.92 Å². The Hall–Kier alpha value is -3.21. The van der Waals surface area contributed by atoms with Gasteiger partial charge in [-0.1, -0.05) is 25.5 Å².